The predicted molar refractivity (Wildman–Crippen MR) is 129 cm³/mol. The second-order valence-corrected chi connectivity index (χ2v) is 8.41. The first kappa shape index (κ1) is 28.1. The van der Waals surface area contributed by atoms with Crippen molar-refractivity contribution in [1.82, 2.24) is 9.97 Å². The first-order chi connectivity index (χ1) is 17.0. The van der Waals surface area contributed by atoms with Crippen LogP contribution in [0, 0.1) is 11.6 Å². The fourth-order valence-corrected chi connectivity index (χ4v) is 4.07. The van der Waals surface area contributed by atoms with E-state index in [2.05, 4.69) is 15.3 Å². The second-order valence-electron chi connectivity index (χ2n) is 8.41. The van der Waals surface area contributed by atoms with Crippen LogP contribution in [0.5, 0.6) is 5.75 Å². The largest absolute Gasteiger partial charge is 0.488 e. The number of rotatable bonds is 5. The van der Waals surface area contributed by atoms with Crippen molar-refractivity contribution in [2.24, 2.45) is 5.73 Å². The van der Waals surface area contributed by atoms with Gasteiger partial charge in [0, 0.05) is 18.3 Å². The van der Waals surface area contributed by atoms with Gasteiger partial charge in [0.05, 0.1) is 28.7 Å². The Balaban J connectivity index is 0.00000380. The van der Waals surface area contributed by atoms with Crippen molar-refractivity contribution >= 4 is 29.7 Å². The topological polar surface area (TPSA) is 116 Å². The van der Waals surface area contributed by atoms with E-state index in [1.165, 1.54) is 18.5 Å². The van der Waals surface area contributed by atoms with Crippen molar-refractivity contribution < 1.29 is 31.5 Å². The number of carbonyl (C=O) groups excluding carboxylic acids is 1. The van der Waals surface area contributed by atoms with Gasteiger partial charge >= 0.3 is 6.18 Å². The maximum absolute atomic E-state index is 14.4. The Morgan fingerprint density at radius 1 is 1.14 bits per heavy atom. The molecule has 0 spiro atoms. The summed E-state index contributed by atoms with van der Waals surface area (Å²) in [5.41, 5.74) is 6.93. The summed E-state index contributed by atoms with van der Waals surface area (Å²) in [7, 11) is 0. The van der Waals surface area contributed by atoms with Crippen molar-refractivity contribution in [3.05, 3.63) is 65.6 Å². The molecule has 2 atom stereocenters. The van der Waals surface area contributed by atoms with Gasteiger partial charge in [0.15, 0.2) is 5.69 Å². The van der Waals surface area contributed by atoms with Crippen LogP contribution in [-0.2, 0) is 6.18 Å². The van der Waals surface area contributed by atoms with Gasteiger partial charge in [0.1, 0.15) is 29.2 Å². The summed E-state index contributed by atoms with van der Waals surface area (Å²) in [6.45, 7) is 0. The number of nitrogens with two attached hydrogens (primary N) is 2. The molecule has 0 bridgehead atoms. The van der Waals surface area contributed by atoms with E-state index in [-0.39, 0.29) is 36.0 Å². The van der Waals surface area contributed by atoms with E-state index in [4.69, 9.17) is 16.2 Å². The maximum atomic E-state index is 14.4. The Morgan fingerprint density at radius 2 is 1.84 bits per heavy atom. The minimum atomic E-state index is -5.05. The number of nitrogens with one attached hydrogen (secondary N) is 1. The zero-order valence-electron chi connectivity index (χ0n) is 19.2. The summed E-state index contributed by atoms with van der Waals surface area (Å²) in [4.78, 5) is 20.6. The van der Waals surface area contributed by atoms with Crippen molar-refractivity contribution in [1.29, 1.82) is 0 Å². The van der Waals surface area contributed by atoms with Gasteiger partial charge in [-0.25, -0.2) is 13.8 Å². The van der Waals surface area contributed by atoms with Gasteiger partial charge in [0.2, 0.25) is 0 Å². The standard InChI is InChI=1S/C24H22F5N5O2.ClH/c25-15-5-2-6-16(26)20(15)21-14(24(27,28)29)10-17(31)22(34-21)23(35)33-18-11-32-8-7-19(18)36-13-4-1-3-12(30)9-13;/h2,5-8,10-13H,1,3-4,9,30-31H2,(H,33,35);1H. The zero-order chi connectivity index (χ0) is 26.0. The lowest BCUT2D eigenvalue weighted by Gasteiger charge is -2.28. The maximum Gasteiger partial charge on any atom is 0.418 e. The molecule has 2 unspecified atom stereocenters. The number of pyridine rings is 2. The van der Waals surface area contributed by atoms with Crippen molar-refractivity contribution in [3.63, 3.8) is 0 Å². The quantitative estimate of drug-likeness (QED) is 0.374. The third kappa shape index (κ3) is 6.25. The number of halogens is 6. The number of hydrogen-bond acceptors (Lipinski definition) is 6. The van der Waals surface area contributed by atoms with Crippen molar-refractivity contribution in [2.45, 2.75) is 44.0 Å². The highest BCUT2D eigenvalue weighted by Crippen LogP contribution is 2.40. The molecule has 0 saturated heterocycles. The van der Waals surface area contributed by atoms with Crippen LogP contribution in [0.2, 0.25) is 0 Å². The van der Waals surface area contributed by atoms with E-state index >= 15 is 0 Å². The molecule has 7 nitrogen and oxygen atoms in total. The smallest absolute Gasteiger partial charge is 0.418 e. The summed E-state index contributed by atoms with van der Waals surface area (Å²) in [5.74, 6) is -3.31. The number of anilines is 2. The van der Waals surface area contributed by atoms with Gasteiger partial charge in [0.25, 0.3) is 5.91 Å². The fourth-order valence-electron chi connectivity index (χ4n) is 4.07. The summed E-state index contributed by atoms with van der Waals surface area (Å²) >= 11 is 0. The highest BCUT2D eigenvalue weighted by Gasteiger charge is 2.37. The highest BCUT2D eigenvalue weighted by atomic mass is 35.5. The molecular weight excluding hydrogens is 521 g/mol. The molecule has 1 saturated carbocycles. The third-order valence-electron chi connectivity index (χ3n) is 5.76. The molecule has 1 amide bonds. The molecule has 1 aromatic carbocycles. The first-order valence-electron chi connectivity index (χ1n) is 11.0. The Kier molecular flexibility index (Phi) is 8.54. The number of alkyl halides is 3. The van der Waals surface area contributed by atoms with Crippen LogP contribution in [0.1, 0.15) is 41.7 Å². The molecule has 2 heterocycles. The monoisotopic (exact) mass is 543 g/mol. The van der Waals surface area contributed by atoms with Gasteiger partial charge in [-0.2, -0.15) is 13.2 Å². The molecule has 198 valence electrons. The van der Waals surface area contributed by atoms with Crippen LogP contribution in [0.15, 0.2) is 42.7 Å². The Labute approximate surface area is 214 Å². The molecule has 2 aromatic heterocycles. The van der Waals surface area contributed by atoms with Crippen LogP contribution in [-0.4, -0.2) is 28.0 Å². The average molecular weight is 544 g/mol. The van der Waals surface area contributed by atoms with Crippen LogP contribution in [0.25, 0.3) is 11.3 Å². The predicted octanol–water partition coefficient (Wildman–Crippen LogP) is 5.35. The fraction of sp³-hybridized carbons (Fsp3) is 0.292. The van der Waals surface area contributed by atoms with Gasteiger partial charge in [-0.15, -0.1) is 12.4 Å². The molecule has 4 rings (SSSR count). The summed E-state index contributed by atoms with van der Waals surface area (Å²) in [6.07, 6.45) is 0.603. The van der Waals surface area contributed by atoms with Crippen molar-refractivity contribution in [3.8, 4) is 17.0 Å². The molecule has 37 heavy (non-hydrogen) atoms. The lowest BCUT2D eigenvalue weighted by Crippen LogP contribution is -2.33. The van der Waals surface area contributed by atoms with E-state index in [0.717, 1.165) is 37.5 Å². The average Bonchev–Trinajstić information content (AvgIpc) is 2.80. The summed E-state index contributed by atoms with van der Waals surface area (Å²) in [6, 6.07) is 4.48. The Hall–Kier alpha value is -3.51. The number of nitrogen functional groups attached to an aromatic ring is 1. The second kappa shape index (κ2) is 11.3. The minimum Gasteiger partial charge on any atom is -0.488 e. The van der Waals surface area contributed by atoms with E-state index in [9.17, 15) is 26.7 Å². The minimum absolute atomic E-state index is 0. The summed E-state index contributed by atoms with van der Waals surface area (Å²) in [5, 5.41) is 2.47. The molecule has 1 aliphatic rings. The normalized spacial score (nSPS) is 17.6. The molecule has 5 N–H and O–H groups in total. The number of ether oxygens (including phenoxy) is 1. The van der Waals surface area contributed by atoms with Gasteiger partial charge in [-0.05, 0) is 43.9 Å². The number of hydrogen-bond donors (Lipinski definition) is 3. The van der Waals surface area contributed by atoms with Crippen LogP contribution in [0.3, 0.4) is 0 Å². The lowest BCUT2D eigenvalue weighted by molar-refractivity contribution is -0.137. The number of aromatic nitrogens is 2. The molecule has 13 heteroatoms. The first-order valence-corrected chi connectivity index (χ1v) is 11.0. The molecule has 1 aliphatic carbocycles. The summed E-state index contributed by atoms with van der Waals surface area (Å²) < 4.78 is 75.8. The molecule has 3 aromatic rings. The SMILES string of the molecule is Cl.Nc1cc(C(F)(F)F)c(-c2c(F)cccc2F)nc1C(=O)Nc1cnccc1OC1CCCC(N)C1. The van der Waals surface area contributed by atoms with Gasteiger partial charge in [-0.1, -0.05) is 6.07 Å². The van der Waals surface area contributed by atoms with Gasteiger partial charge in [-0.3, -0.25) is 9.78 Å². The van der Waals surface area contributed by atoms with Gasteiger partial charge < -0.3 is 21.5 Å². The van der Waals surface area contributed by atoms with Crippen LogP contribution < -0.4 is 21.5 Å². The Morgan fingerprint density at radius 3 is 2.49 bits per heavy atom. The molecule has 1 fully saturated rings. The zero-order valence-corrected chi connectivity index (χ0v) is 20.0. The Bertz CT molecular complexity index is 1270. The van der Waals surface area contributed by atoms with E-state index in [1.54, 1.807) is 0 Å². The van der Waals surface area contributed by atoms with E-state index < -0.39 is 51.9 Å². The van der Waals surface area contributed by atoms with E-state index in [0.29, 0.717) is 12.5 Å². The highest BCUT2D eigenvalue weighted by molar-refractivity contribution is 6.07. The molecule has 0 radical (unpaired) electrons. The number of carbonyl (C=O) groups is 1. The number of benzene rings is 1. The lowest BCUT2D eigenvalue weighted by atomic mass is 9.93. The molecule has 0 aliphatic heterocycles. The van der Waals surface area contributed by atoms with Crippen molar-refractivity contribution in [2.75, 3.05) is 11.1 Å². The molecular formula is C24H23ClF5N5O2. The number of nitrogens with zero attached hydrogens (tertiary/aromatic N) is 2. The number of amides is 1. The van der Waals surface area contributed by atoms with Crippen LogP contribution >= 0.6 is 12.4 Å². The van der Waals surface area contributed by atoms with E-state index in [1.807, 2.05) is 0 Å². The third-order valence-corrected chi connectivity index (χ3v) is 5.76. The van der Waals surface area contributed by atoms with Crippen LogP contribution in [0.4, 0.5) is 33.3 Å².